The standard InChI is InChI=1S/C25H26F3N3O4/c1-3-15(2)22(29-19-13-11-16(12-14-19)20(32)5-4-6-21(33)34)17-7-9-18(10-8-17)23-30-31-24(35-23)25(26,27)28/h7-15,22,29H,3-6H2,1-2H3,(H,33,34). The molecule has 0 saturated carbocycles. The predicted octanol–water partition coefficient (Wildman–Crippen LogP) is 6.39. The van der Waals surface area contributed by atoms with Gasteiger partial charge in [-0.15, -0.1) is 10.2 Å². The Balaban J connectivity index is 1.72. The highest BCUT2D eigenvalue weighted by molar-refractivity contribution is 5.96. The van der Waals surface area contributed by atoms with Crippen LogP contribution >= 0.6 is 0 Å². The first-order valence-corrected chi connectivity index (χ1v) is 11.2. The highest BCUT2D eigenvalue weighted by Crippen LogP contribution is 2.33. The van der Waals surface area contributed by atoms with E-state index in [4.69, 9.17) is 9.52 Å². The monoisotopic (exact) mass is 489 g/mol. The quantitative estimate of drug-likeness (QED) is 0.301. The second kappa shape index (κ2) is 11.2. The molecule has 35 heavy (non-hydrogen) atoms. The Kier molecular flexibility index (Phi) is 8.26. The fraction of sp³-hybridized carbons (Fsp3) is 0.360. The molecular formula is C25H26F3N3O4. The van der Waals surface area contributed by atoms with Gasteiger partial charge in [-0.3, -0.25) is 9.59 Å². The number of anilines is 1. The Labute approximate surface area is 200 Å². The third kappa shape index (κ3) is 6.91. The van der Waals surface area contributed by atoms with E-state index in [0.717, 1.165) is 17.7 Å². The lowest BCUT2D eigenvalue weighted by molar-refractivity contribution is -0.157. The minimum Gasteiger partial charge on any atom is -0.481 e. The van der Waals surface area contributed by atoms with Gasteiger partial charge in [0.05, 0.1) is 6.04 Å². The Bertz CT molecular complexity index is 1140. The molecule has 0 bridgehead atoms. The number of Topliss-reactive ketones (excluding diaryl/α,β-unsaturated/α-hetero) is 1. The number of halogens is 3. The molecule has 0 fully saturated rings. The third-order valence-corrected chi connectivity index (χ3v) is 5.72. The number of rotatable bonds is 11. The lowest BCUT2D eigenvalue weighted by Crippen LogP contribution is -2.18. The first kappa shape index (κ1) is 25.9. The molecule has 0 radical (unpaired) electrons. The van der Waals surface area contributed by atoms with Crippen LogP contribution in [0, 0.1) is 5.92 Å². The van der Waals surface area contributed by atoms with Crippen molar-refractivity contribution in [2.75, 3.05) is 5.32 Å². The topological polar surface area (TPSA) is 105 Å². The van der Waals surface area contributed by atoms with Crippen molar-refractivity contribution in [3.63, 3.8) is 0 Å². The van der Waals surface area contributed by atoms with E-state index < -0.39 is 18.0 Å². The van der Waals surface area contributed by atoms with Crippen LogP contribution in [0.25, 0.3) is 11.5 Å². The molecule has 7 nitrogen and oxygen atoms in total. The zero-order chi connectivity index (χ0) is 25.6. The molecule has 0 amide bonds. The molecule has 0 aliphatic rings. The van der Waals surface area contributed by atoms with Crippen LogP contribution in [0.5, 0.6) is 0 Å². The molecule has 186 valence electrons. The normalized spacial score (nSPS) is 13.3. The van der Waals surface area contributed by atoms with Gasteiger partial charge >= 0.3 is 18.0 Å². The minimum atomic E-state index is -4.70. The van der Waals surface area contributed by atoms with E-state index >= 15 is 0 Å². The molecule has 2 unspecified atom stereocenters. The molecule has 1 aromatic heterocycles. The Hall–Kier alpha value is -3.69. The van der Waals surface area contributed by atoms with Crippen molar-refractivity contribution in [3.05, 3.63) is 65.5 Å². The van der Waals surface area contributed by atoms with E-state index in [9.17, 15) is 22.8 Å². The molecule has 3 rings (SSSR count). The largest absolute Gasteiger partial charge is 0.481 e. The smallest absolute Gasteiger partial charge is 0.470 e. The van der Waals surface area contributed by atoms with Gasteiger partial charge in [-0.2, -0.15) is 13.2 Å². The number of aliphatic carboxylic acids is 1. The van der Waals surface area contributed by atoms with Crippen LogP contribution in [0.15, 0.2) is 52.9 Å². The summed E-state index contributed by atoms with van der Waals surface area (Å²) in [7, 11) is 0. The molecule has 2 N–H and O–H groups in total. The maximum Gasteiger partial charge on any atom is 0.470 e. The number of carboxylic acid groups (broad SMARTS) is 1. The average Bonchev–Trinajstić information content (AvgIpc) is 3.33. The molecular weight excluding hydrogens is 463 g/mol. The molecule has 2 atom stereocenters. The number of nitrogens with zero attached hydrogens (tertiary/aromatic N) is 2. The minimum absolute atomic E-state index is 0.0449. The zero-order valence-electron chi connectivity index (χ0n) is 19.3. The highest BCUT2D eigenvalue weighted by atomic mass is 19.4. The number of alkyl halides is 3. The van der Waals surface area contributed by atoms with Gasteiger partial charge in [-0.1, -0.05) is 32.4 Å². The average molecular weight is 489 g/mol. The van der Waals surface area contributed by atoms with Crippen LogP contribution in [-0.4, -0.2) is 27.1 Å². The first-order valence-electron chi connectivity index (χ1n) is 11.2. The van der Waals surface area contributed by atoms with Gasteiger partial charge in [-0.25, -0.2) is 0 Å². The maximum atomic E-state index is 12.7. The number of benzene rings is 2. The van der Waals surface area contributed by atoms with Crippen LogP contribution < -0.4 is 5.32 Å². The summed E-state index contributed by atoms with van der Waals surface area (Å²) in [4.78, 5) is 22.9. The number of carbonyl (C=O) groups is 2. The van der Waals surface area contributed by atoms with E-state index in [1.807, 2.05) is 0 Å². The van der Waals surface area contributed by atoms with Crippen molar-refractivity contribution >= 4 is 17.4 Å². The summed E-state index contributed by atoms with van der Waals surface area (Å²) in [5.74, 6) is -2.41. The number of nitrogens with one attached hydrogen (secondary N) is 1. The molecule has 0 spiro atoms. The molecule has 0 aliphatic heterocycles. The molecule has 10 heteroatoms. The Morgan fingerprint density at radius 3 is 2.23 bits per heavy atom. The van der Waals surface area contributed by atoms with Crippen molar-refractivity contribution in [2.24, 2.45) is 5.92 Å². The maximum absolute atomic E-state index is 12.7. The molecule has 0 saturated heterocycles. The Morgan fingerprint density at radius 2 is 1.69 bits per heavy atom. The van der Waals surface area contributed by atoms with E-state index in [2.05, 4.69) is 29.4 Å². The van der Waals surface area contributed by atoms with Gasteiger partial charge in [0.15, 0.2) is 5.78 Å². The second-order valence-corrected chi connectivity index (χ2v) is 8.29. The number of aromatic nitrogens is 2. The Morgan fingerprint density at radius 1 is 1.03 bits per heavy atom. The number of ketones is 1. The summed E-state index contributed by atoms with van der Waals surface area (Å²) in [5.41, 5.74) is 2.62. The lowest BCUT2D eigenvalue weighted by Gasteiger charge is -2.26. The van der Waals surface area contributed by atoms with Gasteiger partial charge in [0.25, 0.3) is 0 Å². The van der Waals surface area contributed by atoms with Crippen LogP contribution in [0.2, 0.25) is 0 Å². The fourth-order valence-corrected chi connectivity index (χ4v) is 3.55. The van der Waals surface area contributed by atoms with Gasteiger partial charge in [0.2, 0.25) is 5.89 Å². The van der Waals surface area contributed by atoms with Crippen molar-refractivity contribution in [1.29, 1.82) is 0 Å². The fourth-order valence-electron chi connectivity index (χ4n) is 3.55. The molecule has 2 aromatic carbocycles. The predicted molar refractivity (Wildman–Crippen MR) is 123 cm³/mol. The van der Waals surface area contributed by atoms with E-state index in [1.165, 1.54) is 0 Å². The van der Waals surface area contributed by atoms with Gasteiger partial charge in [0.1, 0.15) is 0 Å². The van der Waals surface area contributed by atoms with Crippen LogP contribution in [-0.2, 0) is 11.0 Å². The number of carboxylic acids is 1. The summed E-state index contributed by atoms with van der Waals surface area (Å²) < 4.78 is 42.9. The number of hydrogen-bond acceptors (Lipinski definition) is 6. The molecule has 1 heterocycles. The van der Waals surface area contributed by atoms with Gasteiger partial charge in [-0.05, 0) is 54.3 Å². The van der Waals surface area contributed by atoms with E-state index in [-0.39, 0.29) is 36.5 Å². The van der Waals surface area contributed by atoms with Gasteiger partial charge < -0.3 is 14.8 Å². The summed E-state index contributed by atoms with van der Waals surface area (Å²) in [6.07, 6.45) is -3.41. The van der Waals surface area contributed by atoms with Crippen molar-refractivity contribution < 1.29 is 32.3 Å². The SMILES string of the molecule is CCC(C)C(Nc1ccc(C(=O)CCCC(=O)O)cc1)c1ccc(-c2nnc(C(F)(F)F)o2)cc1. The van der Waals surface area contributed by atoms with E-state index in [1.54, 1.807) is 48.5 Å². The van der Waals surface area contributed by atoms with Crippen LogP contribution in [0.4, 0.5) is 18.9 Å². The van der Waals surface area contributed by atoms with Crippen molar-refractivity contribution in [2.45, 2.75) is 51.7 Å². The van der Waals surface area contributed by atoms with Crippen molar-refractivity contribution in [3.8, 4) is 11.5 Å². The lowest BCUT2D eigenvalue weighted by atomic mass is 9.91. The molecule has 0 aliphatic carbocycles. The summed E-state index contributed by atoms with van der Waals surface area (Å²) in [5, 5.41) is 18.7. The highest BCUT2D eigenvalue weighted by Gasteiger charge is 2.38. The molecule has 3 aromatic rings. The first-order chi connectivity index (χ1) is 16.6. The van der Waals surface area contributed by atoms with Crippen molar-refractivity contribution in [1.82, 2.24) is 10.2 Å². The number of carbonyl (C=O) groups excluding carboxylic acids is 1. The van der Waals surface area contributed by atoms with Crippen LogP contribution in [0.1, 0.15) is 67.4 Å². The van der Waals surface area contributed by atoms with Crippen LogP contribution in [0.3, 0.4) is 0 Å². The summed E-state index contributed by atoms with van der Waals surface area (Å²) in [6, 6.07) is 13.8. The third-order valence-electron chi connectivity index (χ3n) is 5.72. The number of hydrogen-bond donors (Lipinski definition) is 2. The summed E-state index contributed by atoms with van der Waals surface area (Å²) >= 11 is 0. The second-order valence-electron chi connectivity index (χ2n) is 8.29. The zero-order valence-corrected chi connectivity index (χ0v) is 19.3. The van der Waals surface area contributed by atoms with Gasteiger partial charge in [0, 0.05) is 29.7 Å². The summed E-state index contributed by atoms with van der Waals surface area (Å²) in [6.45, 7) is 4.14. The van der Waals surface area contributed by atoms with E-state index in [0.29, 0.717) is 17.5 Å².